The van der Waals surface area contributed by atoms with Crippen molar-refractivity contribution in [2.24, 2.45) is 5.92 Å². The number of hydrogen-bond acceptors (Lipinski definition) is 8. The zero-order chi connectivity index (χ0) is 37.6. The number of nitrogens with zero attached hydrogens (tertiary/aromatic N) is 3. The zero-order valence-electron chi connectivity index (χ0n) is 30.2. The molecule has 0 radical (unpaired) electrons. The van der Waals surface area contributed by atoms with Crippen LogP contribution in [-0.2, 0) is 42.2 Å². The number of carbonyl (C=O) groups is 5. The second kappa shape index (κ2) is 14.5. The van der Waals surface area contributed by atoms with Crippen molar-refractivity contribution in [2.45, 2.75) is 126 Å². The van der Waals surface area contributed by atoms with E-state index in [-0.39, 0.29) is 25.9 Å². The number of amides is 6. The van der Waals surface area contributed by atoms with Crippen molar-refractivity contribution in [3.05, 3.63) is 46.5 Å². The Hall–Kier alpha value is -3.85. The Labute approximate surface area is 310 Å². The van der Waals surface area contributed by atoms with Crippen LogP contribution in [0.4, 0.5) is 9.59 Å². The molecule has 0 bridgehead atoms. The Morgan fingerprint density at radius 3 is 2.52 bits per heavy atom. The van der Waals surface area contributed by atoms with Gasteiger partial charge in [0.1, 0.15) is 23.7 Å². The molecular formula is C36H49ClN6O8S. The summed E-state index contributed by atoms with van der Waals surface area (Å²) in [5.41, 5.74) is -0.328. The summed E-state index contributed by atoms with van der Waals surface area (Å²) in [6.07, 6.45) is 6.51. The Balaban J connectivity index is 1.26. The Morgan fingerprint density at radius 1 is 1.08 bits per heavy atom. The van der Waals surface area contributed by atoms with Crippen molar-refractivity contribution in [3.63, 3.8) is 0 Å². The first-order valence-corrected chi connectivity index (χ1v) is 20.0. The topological polar surface area (TPSA) is 175 Å². The molecular weight excluding hydrogens is 712 g/mol. The van der Waals surface area contributed by atoms with Crippen LogP contribution in [0.1, 0.15) is 89.7 Å². The fraction of sp³-hybridized carbons (Fsp3) is 0.639. The third-order valence-corrected chi connectivity index (χ3v) is 13.1. The normalized spacial score (nSPS) is 28.6. The molecule has 3 N–H and O–H groups in total. The lowest BCUT2D eigenvalue weighted by Crippen LogP contribution is -2.59. The Bertz CT molecular complexity index is 1760. The molecule has 5 aliphatic rings. The third-order valence-electron chi connectivity index (χ3n) is 10.9. The van der Waals surface area contributed by atoms with Gasteiger partial charge in [0.2, 0.25) is 21.8 Å². The van der Waals surface area contributed by atoms with Crippen LogP contribution in [-0.4, -0.2) is 101 Å². The summed E-state index contributed by atoms with van der Waals surface area (Å²) < 4.78 is 33.7. The van der Waals surface area contributed by atoms with Crippen molar-refractivity contribution in [2.75, 3.05) is 13.6 Å². The average molecular weight is 761 g/mol. The van der Waals surface area contributed by atoms with E-state index < -0.39 is 80.3 Å². The van der Waals surface area contributed by atoms with Gasteiger partial charge >= 0.3 is 12.1 Å². The SMILES string of the molecule is CN(C(=O)N[C@H]1CCCCC/C=C\[C@@H]2C[C@@]2(C(=O)NS(=O)(=O)C2CC2)NC(=O)[C@@H]2C[C@@H](OC(=O)N3Cc4cccc(Cl)c4C3)CN2C1=O)C(C)(C)C. The van der Waals surface area contributed by atoms with Gasteiger partial charge in [-0.2, -0.15) is 0 Å². The summed E-state index contributed by atoms with van der Waals surface area (Å²) in [5.74, 6) is -2.44. The zero-order valence-corrected chi connectivity index (χ0v) is 31.7. The smallest absolute Gasteiger partial charge is 0.410 e. The molecule has 3 heterocycles. The van der Waals surface area contributed by atoms with Gasteiger partial charge in [-0.1, -0.05) is 48.7 Å². The van der Waals surface area contributed by atoms with E-state index in [1.807, 2.05) is 45.1 Å². The lowest BCUT2D eigenvalue weighted by Gasteiger charge is -2.35. The van der Waals surface area contributed by atoms with Crippen molar-refractivity contribution >= 4 is 51.5 Å². The molecule has 52 heavy (non-hydrogen) atoms. The molecule has 3 aliphatic heterocycles. The van der Waals surface area contributed by atoms with E-state index in [0.29, 0.717) is 43.7 Å². The maximum absolute atomic E-state index is 14.4. The van der Waals surface area contributed by atoms with E-state index in [4.69, 9.17) is 16.3 Å². The molecule has 6 rings (SSSR count). The number of urea groups is 1. The van der Waals surface area contributed by atoms with Crippen molar-refractivity contribution in [1.82, 2.24) is 30.1 Å². The van der Waals surface area contributed by atoms with Crippen LogP contribution in [0.2, 0.25) is 5.02 Å². The molecule has 1 saturated heterocycles. The maximum atomic E-state index is 14.4. The largest absolute Gasteiger partial charge is 0.444 e. The predicted molar refractivity (Wildman–Crippen MR) is 192 cm³/mol. The van der Waals surface area contributed by atoms with Crippen LogP contribution in [0.25, 0.3) is 0 Å². The van der Waals surface area contributed by atoms with E-state index in [9.17, 15) is 32.4 Å². The summed E-state index contributed by atoms with van der Waals surface area (Å²) in [4.78, 5) is 73.5. The predicted octanol–water partition coefficient (Wildman–Crippen LogP) is 3.57. The van der Waals surface area contributed by atoms with Crippen LogP contribution in [0.3, 0.4) is 0 Å². The number of sulfonamides is 1. The number of nitrogens with one attached hydrogen (secondary N) is 3. The van der Waals surface area contributed by atoms with Crippen LogP contribution in [0, 0.1) is 5.92 Å². The average Bonchev–Trinajstić information content (AvgIpc) is 3.96. The van der Waals surface area contributed by atoms with E-state index in [2.05, 4.69) is 15.4 Å². The number of benzene rings is 1. The molecule has 6 amide bonds. The third kappa shape index (κ3) is 8.04. The first kappa shape index (κ1) is 37.9. The monoisotopic (exact) mass is 760 g/mol. The summed E-state index contributed by atoms with van der Waals surface area (Å²) in [6.45, 7) is 6.04. The molecule has 16 heteroatoms. The highest BCUT2D eigenvalue weighted by Crippen LogP contribution is 2.46. The minimum atomic E-state index is -3.90. The molecule has 1 aromatic carbocycles. The van der Waals surface area contributed by atoms with Gasteiger partial charge in [0.25, 0.3) is 5.91 Å². The highest BCUT2D eigenvalue weighted by molar-refractivity contribution is 7.91. The van der Waals surface area contributed by atoms with Gasteiger partial charge in [0, 0.05) is 36.5 Å². The van der Waals surface area contributed by atoms with Gasteiger partial charge in [-0.15, -0.1) is 0 Å². The van der Waals surface area contributed by atoms with Gasteiger partial charge in [-0.05, 0) is 76.5 Å². The number of halogens is 1. The maximum Gasteiger partial charge on any atom is 0.410 e. The molecule has 1 aromatic rings. The Kier molecular flexibility index (Phi) is 10.6. The standard InChI is InChI=1S/C36H49ClN6O8S/c1-35(2,3)41(4)33(47)38-28-14-9-7-5-6-8-12-23-18-36(23,32(46)40-52(49,50)25-15-16-25)39-30(44)29-17-24(20-43(29)31(28)45)51-34(48)42-19-22-11-10-13-27(37)26(22)21-42/h8,10-13,23-25,28-29H,5-7,9,14-21H2,1-4H3,(H,38,47)(H,39,44)(H,40,46)/b12-8-/t23-,24-,28+,29+,36-/m1/s1. The number of hydrogen-bond donors (Lipinski definition) is 3. The molecule has 0 unspecified atom stereocenters. The first-order valence-electron chi connectivity index (χ1n) is 18.1. The number of rotatable bonds is 5. The number of allylic oxidation sites excluding steroid dienone is 1. The van der Waals surface area contributed by atoms with Gasteiger partial charge in [0.15, 0.2) is 0 Å². The molecule has 2 aliphatic carbocycles. The summed E-state index contributed by atoms with van der Waals surface area (Å²) >= 11 is 6.37. The lowest BCUT2D eigenvalue weighted by molar-refractivity contribution is -0.141. The molecule has 5 atom stereocenters. The molecule has 3 fully saturated rings. The van der Waals surface area contributed by atoms with Crippen molar-refractivity contribution in [3.8, 4) is 0 Å². The van der Waals surface area contributed by atoms with Crippen LogP contribution in [0.15, 0.2) is 30.4 Å². The van der Waals surface area contributed by atoms with Crippen molar-refractivity contribution in [1.29, 1.82) is 0 Å². The van der Waals surface area contributed by atoms with Crippen molar-refractivity contribution < 1.29 is 37.1 Å². The minimum Gasteiger partial charge on any atom is -0.444 e. The van der Waals surface area contributed by atoms with Crippen LogP contribution >= 0.6 is 11.6 Å². The fourth-order valence-corrected chi connectivity index (χ4v) is 8.74. The summed E-state index contributed by atoms with van der Waals surface area (Å²) in [7, 11) is -2.26. The molecule has 284 valence electrons. The van der Waals surface area contributed by atoms with Gasteiger partial charge < -0.3 is 25.2 Å². The van der Waals surface area contributed by atoms with E-state index in [1.54, 1.807) is 13.1 Å². The van der Waals surface area contributed by atoms with Crippen LogP contribution < -0.4 is 15.4 Å². The first-order chi connectivity index (χ1) is 24.5. The van der Waals surface area contributed by atoms with Gasteiger partial charge in [-0.3, -0.25) is 24.0 Å². The second-order valence-electron chi connectivity index (χ2n) is 15.7. The highest BCUT2D eigenvalue weighted by atomic mass is 35.5. The lowest BCUT2D eigenvalue weighted by atomic mass is 10.0. The number of carbonyl (C=O) groups excluding carboxylic acids is 5. The molecule has 14 nitrogen and oxygen atoms in total. The second-order valence-corrected chi connectivity index (χ2v) is 18.1. The Morgan fingerprint density at radius 2 is 1.83 bits per heavy atom. The molecule has 0 spiro atoms. The van der Waals surface area contributed by atoms with Gasteiger partial charge in [0.05, 0.1) is 18.3 Å². The van der Waals surface area contributed by atoms with Gasteiger partial charge in [-0.25, -0.2) is 18.0 Å². The molecule has 2 saturated carbocycles. The van der Waals surface area contributed by atoms with E-state index >= 15 is 0 Å². The number of ether oxygens (including phenoxy) is 1. The van der Waals surface area contributed by atoms with Crippen LogP contribution in [0.5, 0.6) is 0 Å². The quantitative estimate of drug-likeness (QED) is 0.382. The van der Waals surface area contributed by atoms with E-state index in [1.165, 1.54) is 14.7 Å². The summed E-state index contributed by atoms with van der Waals surface area (Å²) in [5, 5.41) is 5.62. The fourth-order valence-electron chi connectivity index (χ4n) is 7.12. The van der Waals surface area contributed by atoms with E-state index in [0.717, 1.165) is 24.0 Å². The minimum absolute atomic E-state index is 0.0635. The molecule has 0 aromatic heterocycles. The number of fused-ring (bicyclic) bond motifs is 3. The highest BCUT2D eigenvalue weighted by Gasteiger charge is 2.62. The summed E-state index contributed by atoms with van der Waals surface area (Å²) in [6, 6.07) is 2.85.